The Kier molecular flexibility index (Phi) is 2.83. The molecule has 4 atom stereocenters. The first-order chi connectivity index (χ1) is 9.84. The molecule has 1 nitrogen and oxygen atoms in total. The predicted octanol–water partition coefficient (Wildman–Crippen LogP) is 0.358. The lowest BCUT2D eigenvalue weighted by Gasteiger charge is -2.42. The number of hydrogen-bond acceptors (Lipinski definition) is 0. The first-order valence-corrected chi connectivity index (χ1v) is 7.30. The van der Waals surface area contributed by atoms with E-state index in [2.05, 4.69) is 41.1 Å². The fourth-order valence-corrected chi connectivity index (χ4v) is 4.61. The number of allylic oxidation sites excluding steroid dienone is 2. The smallest absolute Gasteiger partial charge is 0.190 e. The van der Waals surface area contributed by atoms with Crippen LogP contribution in [0.25, 0.3) is 0 Å². The minimum Gasteiger partial charge on any atom is -1.00 e. The third kappa shape index (κ3) is 1.58. The van der Waals surface area contributed by atoms with Crippen LogP contribution >= 0.6 is 0 Å². The van der Waals surface area contributed by atoms with E-state index in [-0.39, 0.29) is 22.8 Å². The van der Waals surface area contributed by atoms with Crippen LogP contribution in [0.15, 0.2) is 54.7 Å². The lowest BCUT2D eigenvalue weighted by Crippen LogP contribution is -3.00. The van der Waals surface area contributed by atoms with Gasteiger partial charge in [-0.1, -0.05) is 18.2 Å². The second kappa shape index (κ2) is 4.51. The van der Waals surface area contributed by atoms with Crippen LogP contribution in [0.4, 0.5) is 4.39 Å². The van der Waals surface area contributed by atoms with E-state index in [0.29, 0.717) is 23.8 Å². The molecule has 0 fully saturated rings. The van der Waals surface area contributed by atoms with Gasteiger partial charge in [0.15, 0.2) is 17.9 Å². The van der Waals surface area contributed by atoms with E-state index in [9.17, 15) is 4.39 Å². The van der Waals surface area contributed by atoms with Crippen LogP contribution in [-0.4, -0.2) is 0 Å². The predicted molar refractivity (Wildman–Crippen MR) is 73.8 cm³/mol. The molecule has 2 aliphatic heterocycles. The summed E-state index contributed by atoms with van der Waals surface area (Å²) in [6.45, 7) is 0. The SMILES string of the molecule is Fc1ccc2c(c1)[C@H]1c3cccc[n+]3[C@@H]2[C@H]2C=CC[C@@H]12.[Br-]. The van der Waals surface area contributed by atoms with E-state index in [0.717, 1.165) is 6.42 Å². The van der Waals surface area contributed by atoms with Crippen molar-refractivity contribution >= 4 is 0 Å². The highest BCUT2D eigenvalue weighted by Gasteiger charge is 2.55. The third-order valence-electron chi connectivity index (χ3n) is 5.30. The molecule has 1 aromatic carbocycles. The van der Waals surface area contributed by atoms with Crippen molar-refractivity contribution in [2.45, 2.75) is 18.4 Å². The molecule has 0 N–H and O–H groups in total. The van der Waals surface area contributed by atoms with Crippen LogP contribution in [0, 0.1) is 17.7 Å². The maximum atomic E-state index is 13.7. The molecule has 0 radical (unpaired) electrons. The lowest BCUT2D eigenvalue weighted by atomic mass is 9.63. The van der Waals surface area contributed by atoms with Gasteiger partial charge in [0.2, 0.25) is 0 Å². The zero-order valence-electron chi connectivity index (χ0n) is 11.4. The van der Waals surface area contributed by atoms with Gasteiger partial charge in [0.1, 0.15) is 5.82 Å². The van der Waals surface area contributed by atoms with E-state index in [4.69, 9.17) is 0 Å². The van der Waals surface area contributed by atoms with Gasteiger partial charge in [0, 0.05) is 23.6 Å². The summed E-state index contributed by atoms with van der Waals surface area (Å²) in [5.41, 5.74) is 3.87. The maximum Gasteiger partial charge on any atom is 0.190 e. The molecule has 0 saturated carbocycles. The van der Waals surface area contributed by atoms with Gasteiger partial charge >= 0.3 is 0 Å². The number of rotatable bonds is 0. The zero-order chi connectivity index (χ0) is 13.3. The Morgan fingerprint density at radius 2 is 2.00 bits per heavy atom. The largest absolute Gasteiger partial charge is 1.00 e. The van der Waals surface area contributed by atoms with Crippen LogP contribution in [0.3, 0.4) is 0 Å². The van der Waals surface area contributed by atoms with E-state index in [1.54, 1.807) is 12.1 Å². The van der Waals surface area contributed by atoms with Crippen molar-refractivity contribution in [3.63, 3.8) is 0 Å². The van der Waals surface area contributed by atoms with E-state index < -0.39 is 0 Å². The summed E-state index contributed by atoms with van der Waals surface area (Å²) in [6.07, 6.45) is 7.99. The average molecular weight is 344 g/mol. The maximum absolute atomic E-state index is 13.7. The Balaban J connectivity index is 0.00000115. The van der Waals surface area contributed by atoms with Crippen LogP contribution < -0.4 is 21.5 Å². The van der Waals surface area contributed by atoms with Gasteiger partial charge in [-0.25, -0.2) is 4.39 Å². The fourth-order valence-electron chi connectivity index (χ4n) is 4.61. The molecule has 106 valence electrons. The van der Waals surface area contributed by atoms with Crippen LogP contribution in [0.1, 0.15) is 35.2 Å². The Morgan fingerprint density at radius 1 is 1.10 bits per heavy atom. The van der Waals surface area contributed by atoms with Crippen molar-refractivity contribution in [1.29, 1.82) is 0 Å². The number of nitrogens with zero attached hydrogens (tertiary/aromatic N) is 1. The molecular formula is C18H15BrFN. The van der Waals surface area contributed by atoms with Gasteiger partial charge in [-0.15, -0.1) is 0 Å². The first-order valence-electron chi connectivity index (χ1n) is 7.30. The molecule has 0 saturated heterocycles. The van der Waals surface area contributed by atoms with E-state index in [1.807, 2.05) is 6.07 Å². The molecule has 3 heterocycles. The van der Waals surface area contributed by atoms with Crippen LogP contribution in [-0.2, 0) is 0 Å². The lowest BCUT2D eigenvalue weighted by molar-refractivity contribution is -0.737. The Hall–Kier alpha value is -1.48. The Morgan fingerprint density at radius 3 is 2.90 bits per heavy atom. The Labute approximate surface area is 133 Å². The highest BCUT2D eigenvalue weighted by atomic mass is 79.9. The molecule has 2 aromatic rings. The zero-order valence-corrected chi connectivity index (χ0v) is 13.0. The number of aromatic nitrogens is 1. The van der Waals surface area contributed by atoms with Crippen molar-refractivity contribution in [1.82, 2.24) is 0 Å². The van der Waals surface area contributed by atoms with Gasteiger partial charge in [-0.3, -0.25) is 0 Å². The highest BCUT2D eigenvalue weighted by molar-refractivity contribution is 5.44. The minimum absolute atomic E-state index is 0. The van der Waals surface area contributed by atoms with Gasteiger partial charge in [0.25, 0.3) is 0 Å². The second-order valence-corrected chi connectivity index (χ2v) is 6.13. The molecule has 0 spiro atoms. The summed E-state index contributed by atoms with van der Waals surface area (Å²) in [5.74, 6) is 1.41. The molecule has 0 amide bonds. The quantitative estimate of drug-likeness (QED) is 0.480. The summed E-state index contributed by atoms with van der Waals surface area (Å²) in [5, 5.41) is 0. The van der Waals surface area contributed by atoms with Gasteiger partial charge < -0.3 is 17.0 Å². The number of pyridine rings is 1. The van der Waals surface area contributed by atoms with Crippen LogP contribution in [0.5, 0.6) is 0 Å². The van der Waals surface area contributed by atoms with Crippen molar-refractivity contribution in [3.05, 3.63) is 77.4 Å². The van der Waals surface area contributed by atoms with Crippen molar-refractivity contribution in [2.75, 3.05) is 0 Å². The third-order valence-corrected chi connectivity index (χ3v) is 5.30. The number of hydrogen-bond donors (Lipinski definition) is 0. The summed E-state index contributed by atoms with van der Waals surface area (Å²) >= 11 is 0. The molecule has 2 bridgehead atoms. The number of halogens is 2. The van der Waals surface area contributed by atoms with Crippen molar-refractivity contribution < 1.29 is 25.9 Å². The summed E-state index contributed by atoms with van der Waals surface area (Å²) < 4.78 is 16.1. The van der Waals surface area contributed by atoms with Crippen LogP contribution in [0.2, 0.25) is 0 Å². The standard InChI is InChI=1S/C18H15FN.BrH/c19-11-7-8-14-15(10-11)17-12-4-3-5-13(12)18(14)20-9-2-1-6-16(17)20;/h1-3,5-10,12-13,17-18H,4H2;1H/q+1;/p-1/t12-,13+,17+,18-;/m1./s1. The average Bonchev–Trinajstić information content (AvgIpc) is 2.96. The van der Waals surface area contributed by atoms with Crippen molar-refractivity contribution in [3.8, 4) is 0 Å². The van der Waals surface area contributed by atoms with Crippen molar-refractivity contribution in [2.24, 2.45) is 11.8 Å². The highest BCUT2D eigenvalue weighted by Crippen LogP contribution is 2.55. The fraction of sp³-hybridized carbons (Fsp3) is 0.278. The van der Waals surface area contributed by atoms with Gasteiger partial charge in [0.05, 0.1) is 5.92 Å². The molecule has 4 aliphatic rings. The van der Waals surface area contributed by atoms with E-state index in [1.165, 1.54) is 16.8 Å². The normalized spacial score (nSPS) is 30.3. The molecule has 6 rings (SSSR count). The summed E-state index contributed by atoms with van der Waals surface area (Å²) in [7, 11) is 0. The molecule has 2 aliphatic carbocycles. The molecular weight excluding hydrogens is 329 g/mol. The molecule has 21 heavy (non-hydrogen) atoms. The van der Waals surface area contributed by atoms with Gasteiger partial charge in [-0.2, -0.15) is 4.57 Å². The molecule has 3 heteroatoms. The molecule has 0 unspecified atom stereocenters. The first kappa shape index (κ1) is 13.2. The molecule has 1 aromatic heterocycles. The number of benzene rings is 1. The Bertz CT molecular complexity index is 755. The van der Waals surface area contributed by atoms with Gasteiger partial charge in [-0.05, 0) is 36.1 Å². The second-order valence-electron chi connectivity index (χ2n) is 6.13. The topological polar surface area (TPSA) is 3.88 Å². The minimum atomic E-state index is -0.110. The van der Waals surface area contributed by atoms with E-state index >= 15 is 0 Å². The monoisotopic (exact) mass is 343 g/mol. The summed E-state index contributed by atoms with van der Waals surface area (Å²) in [6, 6.07) is 12.1. The summed E-state index contributed by atoms with van der Waals surface area (Å²) in [4.78, 5) is 0.